The molecule has 0 amide bonds. The summed E-state index contributed by atoms with van der Waals surface area (Å²) in [5.74, 6) is -1.26. The highest BCUT2D eigenvalue weighted by molar-refractivity contribution is 7.89. The van der Waals surface area contributed by atoms with Crippen LogP contribution in [0.4, 0.5) is 0 Å². The molecule has 0 aliphatic rings. The van der Waals surface area contributed by atoms with E-state index in [0.29, 0.717) is 5.69 Å². The molecule has 130 valence electrons. The molecule has 0 aromatic carbocycles. The van der Waals surface area contributed by atoms with Crippen molar-refractivity contribution in [3.8, 4) is 0 Å². The Morgan fingerprint density at radius 3 is 2.39 bits per heavy atom. The number of hydrogen-bond donors (Lipinski definition) is 0. The third-order valence-corrected chi connectivity index (χ3v) is 5.51. The number of nitrogens with zero attached hydrogens (tertiary/aromatic N) is 2. The fraction of sp³-hybridized carbons (Fsp3) is 0.571. The van der Waals surface area contributed by atoms with Crippen LogP contribution in [0.25, 0.3) is 0 Å². The molecule has 0 radical (unpaired) electrons. The first kappa shape index (κ1) is 19.2. The molecule has 0 aliphatic carbocycles. The van der Waals surface area contributed by atoms with Crippen molar-refractivity contribution in [2.75, 3.05) is 26.8 Å². The highest BCUT2D eigenvalue weighted by Crippen LogP contribution is 2.23. The second-order valence-electron chi connectivity index (χ2n) is 4.77. The van der Waals surface area contributed by atoms with Gasteiger partial charge in [-0.15, -0.1) is 0 Å². The summed E-state index contributed by atoms with van der Waals surface area (Å²) in [7, 11) is -1.16. The minimum absolute atomic E-state index is 0.0335. The van der Waals surface area contributed by atoms with E-state index in [1.165, 1.54) is 17.7 Å². The standard InChI is InChI=1S/C14H22N2O6S/c1-6-16(9-13(17)21-5)23(19,20)12-8-11(14(18)22-7-2)15(4)10(12)3/h8H,6-7,9H2,1-5H3. The molecule has 8 nitrogen and oxygen atoms in total. The smallest absolute Gasteiger partial charge is 0.354 e. The number of carbonyl (C=O) groups is 2. The van der Waals surface area contributed by atoms with Gasteiger partial charge in [0.25, 0.3) is 0 Å². The minimum atomic E-state index is -3.93. The molecule has 9 heteroatoms. The molecule has 0 unspecified atom stereocenters. The van der Waals surface area contributed by atoms with Crippen LogP contribution < -0.4 is 0 Å². The number of hydrogen-bond acceptors (Lipinski definition) is 6. The Hall–Kier alpha value is -1.87. The van der Waals surface area contributed by atoms with E-state index in [9.17, 15) is 18.0 Å². The van der Waals surface area contributed by atoms with Crippen LogP contribution in [0.3, 0.4) is 0 Å². The first-order chi connectivity index (χ1) is 10.7. The molecule has 0 N–H and O–H groups in total. The molecule has 0 aliphatic heterocycles. The normalized spacial score (nSPS) is 11.6. The second-order valence-corrected chi connectivity index (χ2v) is 6.67. The van der Waals surface area contributed by atoms with Crippen molar-refractivity contribution in [2.45, 2.75) is 25.7 Å². The number of ether oxygens (including phenoxy) is 2. The summed E-state index contributed by atoms with van der Waals surface area (Å²) in [5, 5.41) is 0. The Balaban J connectivity index is 3.30. The topological polar surface area (TPSA) is 94.9 Å². The summed E-state index contributed by atoms with van der Waals surface area (Å²) in [5.41, 5.74) is 0.522. The van der Waals surface area contributed by atoms with Crippen molar-refractivity contribution < 1.29 is 27.5 Å². The molecule has 0 atom stereocenters. The van der Waals surface area contributed by atoms with Gasteiger partial charge in [0.2, 0.25) is 10.0 Å². The molecule has 0 fully saturated rings. The van der Waals surface area contributed by atoms with Crippen LogP contribution in [0.5, 0.6) is 0 Å². The van der Waals surface area contributed by atoms with Crippen LogP contribution in [0.2, 0.25) is 0 Å². The molecule has 1 rings (SSSR count). The fourth-order valence-corrected chi connectivity index (χ4v) is 3.71. The number of rotatable bonds is 7. The van der Waals surface area contributed by atoms with Gasteiger partial charge in [-0.3, -0.25) is 4.79 Å². The molecule has 0 spiro atoms. The lowest BCUT2D eigenvalue weighted by molar-refractivity contribution is -0.140. The third kappa shape index (κ3) is 3.91. The van der Waals surface area contributed by atoms with E-state index in [2.05, 4.69) is 4.74 Å². The Labute approximate surface area is 136 Å². The maximum atomic E-state index is 12.7. The summed E-state index contributed by atoms with van der Waals surface area (Å²) in [6.45, 7) is 4.76. The van der Waals surface area contributed by atoms with E-state index in [1.807, 2.05) is 0 Å². The van der Waals surface area contributed by atoms with Crippen molar-refractivity contribution in [3.63, 3.8) is 0 Å². The van der Waals surface area contributed by atoms with Crippen LogP contribution in [0.15, 0.2) is 11.0 Å². The van der Waals surface area contributed by atoms with E-state index in [1.54, 1.807) is 27.8 Å². The van der Waals surface area contributed by atoms with Gasteiger partial charge in [-0.1, -0.05) is 6.92 Å². The summed E-state index contributed by atoms with van der Waals surface area (Å²) in [4.78, 5) is 23.3. The Morgan fingerprint density at radius 1 is 1.30 bits per heavy atom. The zero-order valence-corrected chi connectivity index (χ0v) is 14.8. The molecule has 0 saturated carbocycles. The van der Waals surface area contributed by atoms with Crippen molar-refractivity contribution in [3.05, 3.63) is 17.5 Å². The molecule has 23 heavy (non-hydrogen) atoms. The van der Waals surface area contributed by atoms with Crippen LogP contribution in [-0.2, 0) is 31.3 Å². The van der Waals surface area contributed by atoms with E-state index in [-0.39, 0.29) is 23.7 Å². The number of esters is 2. The summed E-state index contributed by atoms with van der Waals surface area (Å²) < 4.78 is 37.4. The van der Waals surface area contributed by atoms with Crippen molar-refractivity contribution >= 4 is 22.0 Å². The van der Waals surface area contributed by atoms with Crippen molar-refractivity contribution in [1.82, 2.24) is 8.87 Å². The predicted octanol–water partition coefficient (Wildman–Crippen LogP) is 0.694. The van der Waals surface area contributed by atoms with Gasteiger partial charge in [0.15, 0.2) is 0 Å². The maximum absolute atomic E-state index is 12.7. The van der Waals surface area contributed by atoms with E-state index in [4.69, 9.17) is 4.74 Å². The van der Waals surface area contributed by atoms with Crippen molar-refractivity contribution in [1.29, 1.82) is 0 Å². The zero-order valence-electron chi connectivity index (χ0n) is 14.0. The number of sulfonamides is 1. The molecule has 1 aromatic heterocycles. The molecular formula is C14H22N2O6S. The summed E-state index contributed by atoms with van der Waals surface area (Å²) in [6, 6.07) is 1.27. The van der Waals surface area contributed by atoms with Gasteiger partial charge in [-0.2, -0.15) is 4.31 Å². The Kier molecular flexibility index (Phi) is 6.34. The fourth-order valence-electron chi connectivity index (χ4n) is 2.05. The lowest BCUT2D eigenvalue weighted by Crippen LogP contribution is -2.36. The number of carbonyl (C=O) groups excluding carboxylic acids is 2. The monoisotopic (exact) mass is 346 g/mol. The summed E-state index contributed by atoms with van der Waals surface area (Å²) in [6.07, 6.45) is 0. The van der Waals surface area contributed by atoms with Gasteiger partial charge < -0.3 is 14.0 Å². The number of likely N-dealkylation sites (N-methyl/N-ethyl adjacent to an activating group) is 1. The Morgan fingerprint density at radius 2 is 1.91 bits per heavy atom. The van der Waals surface area contributed by atoms with Gasteiger partial charge in [0, 0.05) is 19.3 Å². The van der Waals surface area contributed by atoms with Crippen molar-refractivity contribution in [2.24, 2.45) is 7.05 Å². The van der Waals surface area contributed by atoms with Crippen LogP contribution >= 0.6 is 0 Å². The quantitative estimate of drug-likeness (QED) is 0.674. The van der Waals surface area contributed by atoms with E-state index < -0.39 is 28.5 Å². The van der Waals surface area contributed by atoms with Crippen LogP contribution in [-0.4, -0.2) is 56.0 Å². The summed E-state index contributed by atoms with van der Waals surface area (Å²) >= 11 is 0. The van der Waals surface area contributed by atoms with Gasteiger partial charge >= 0.3 is 11.9 Å². The van der Waals surface area contributed by atoms with Gasteiger partial charge in [0.1, 0.15) is 17.1 Å². The number of methoxy groups -OCH3 is 1. The second kappa shape index (κ2) is 7.60. The lowest BCUT2D eigenvalue weighted by atomic mass is 10.4. The molecule has 1 heterocycles. The van der Waals surface area contributed by atoms with E-state index in [0.717, 1.165) is 4.31 Å². The predicted molar refractivity (Wildman–Crippen MR) is 82.6 cm³/mol. The average molecular weight is 346 g/mol. The molecule has 1 aromatic rings. The minimum Gasteiger partial charge on any atom is -0.468 e. The number of aromatic nitrogens is 1. The molecule has 0 saturated heterocycles. The SMILES string of the molecule is CCOC(=O)c1cc(S(=O)(=O)N(CC)CC(=O)OC)c(C)n1C. The zero-order chi connectivity index (χ0) is 17.8. The lowest BCUT2D eigenvalue weighted by Gasteiger charge is -2.19. The highest BCUT2D eigenvalue weighted by atomic mass is 32.2. The van der Waals surface area contributed by atoms with Crippen LogP contribution in [0, 0.1) is 6.92 Å². The highest BCUT2D eigenvalue weighted by Gasteiger charge is 2.31. The van der Waals surface area contributed by atoms with Crippen LogP contribution in [0.1, 0.15) is 30.0 Å². The van der Waals surface area contributed by atoms with Gasteiger partial charge in [-0.05, 0) is 19.9 Å². The van der Waals surface area contributed by atoms with E-state index >= 15 is 0 Å². The van der Waals surface area contributed by atoms with Gasteiger partial charge in [-0.25, -0.2) is 13.2 Å². The Bertz CT molecular complexity index is 692. The maximum Gasteiger partial charge on any atom is 0.354 e. The van der Waals surface area contributed by atoms with Gasteiger partial charge in [0.05, 0.1) is 13.7 Å². The largest absolute Gasteiger partial charge is 0.468 e. The molecular weight excluding hydrogens is 324 g/mol. The molecule has 0 bridgehead atoms. The average Bonchev–Trinajstić information content (AvgIpc) is 2.81. The first-order valence-electron chi connectivity index (χ1n) is 7.11. The third-order valence-electron chi connectivity index (χ3n) is 3.48. The first-order valence-corrected chi connectivity index (χ1v) is 8.55.